The second kappa shape index (κ2) is 2.44. The molecule has 0 aliphatic carbocycles. The predicted molar refractivity (Wildman–Crippen MR) is 37.3 cm³/mol. The van der Waals surface area contributed by atoms with Crippen LogP contribution in [-0.2, 0) is 0 Å². The number of benzene rings is 1. The van der Waals surface area contributed by atoms with Crippen LogP contribution in [0.3, 0.4) is 0 Å². The molecular weight excluding hydrogens is 113 g/mol. The van der Waals surface area contributed by atoms with E-state index in [9.17, 15) is 4.91 Å². The molecule has 0 aliphatic rings. The maximum Gasteiger partial charge on any atom is 0.113 e. The zero-order valence-corrected chi connectivity index (χ0v) is 4.74. The van der Waals surface area contributed by atoms with Crippen molar-refractivity contribution in [2.45, 2.75) is 0 Å². The van der Waals surface area contributed by atoms with Crippen molar-refractivity contribution in [3.05, 3.63) is 29.2 Å². The second-order valence-electron chi connectivity index (χ2n) is 1.68. The van der Waals surface area contributed by atoms with Gasteiger partial charge in [0.25, 0.3) is 0 Å². The molecule has 0 heterocycles. The van der Waals surface area contributed by atoms with E-state index >= 15 is 0 Å². The third kappa shape index (κ3) is 1.39. The molecule has 0 saturated heterocycles. The first-order chi connectivity index (χ1) is 4.33. The van der Waals surface area contributed by atoms with E-state index in [1.165, 1.54) is 0 Å². The van der Waals surface area contributed by atoms with Gasteiger partial charge in [-0.1, -0.05) is 17.6 Å². The Balaban J connectivity index is 3.01. The number of hydrogen-bond acceptors (Lipinski definition) is 2. The van der Waals surface area contributed by atoms with Crippen molar-refractivity contribution in [1.29, 1.82) is 0 Å². The summed E-state index contributed by atoms with van der Waals surface area (Å²) in [5.74, 6) is 0. The van der Waals surface area contributed by atoms with Crippen molar-refractivity contribution >= 4 is 19.0 Å². The van der Waals surface area contributed by atoms with Gasteiger partial charge < -0.3 is 0 Å². The van der Waals surface area contributed by atoms with E-state index in [0.717, 1.165) is 0 Å². The number of nitroso groups, excluding NO2 is 1. The van der Waals surface area contributed by atoms with Gasteiger partial charge in [-0.2, -0.15) is 0 Å². The molecule has 0 aromatic heterocycles. The van der Waals surface area contributed by atoms with Gasteiger partial charge >= 0.3 is 0 Å². The van der Waals surface area contributed by atoms with Crippen LogP contribution in [0.1, 0.15) is 0 Å². The van der Waals surface area contributed by atoms with Crippen molar-refractivity contribution in [3.63, 3.8) is 0 Å². The molecule has 0 atom stereocenters. The third-order valence-corrected chi connectivity index (χ3v) is 0.998. The highest BCUT2D eigenvalue weighted by Gasteiger charge is 1.86. The van der Waals surface area contributed by atoms with Gasteiger partial charge in [-0.3, -0.25) is 0 Å². The summed E-state index contributed by atoms with van der Waals surface area (Å²) in [4.78, 5) is 9.83. The summed E-state index contributed by atoms with van der Waals surface area (Å²) < 4.78 is 0. The van der Waals surface area contributed by atoms with E-state index in [1.54, 1.807) is 24.3 Å². The molecule has 2 radical (unpaired) electrons. The summed E-state index contributed by atoms with van der Waals surface area (Å²) in [6, 6.07) is 6.41. The number of rotatable bonds is 1. The van der Waals surface area contributed by atoms with Gasteiger partial charge in [-0.25, -0.2) is 0 Å². The van der Waals surface area contributed by atoms with E-state index in [2.05, 4.69) is 5.18 Å². The smallest absolute Gasteiger partial charge is 0.113 e. The molecular formula is C6H4BNO. The summed E-state index contributed by atoms with van der Waals surface area (Å²) in [6.45, 7) is 0. The zero-order chi connectivity index (χ0) is 6.69. The van der Waals surface area contributed by atoms with Crippen LogP contribution in [0.5, 0.6) is 0 Å². The van der Waals surface area contributed by atoms with Crippen LogP contribution in [0.4, 0.5) is 5.69 Å². The van der Waals surface area contributed by atoms with Crippen LogP contribution >= 0.6 is 0 Å². The first-order valence-corrected chi connectivity index (χ1v) is 2.52. The molecule has 0 unspecified atom stereocenters. The minimum absolute atomic E-state index is 0.407. The molecule has 42 valence electrons. The molecule has 0 amide bonds. The fraction of sp³-hybridized carbons (Fsp3) is 0. The zero-order valence-electron chi connectivity index (χ0n) is 4.74. The molecule has 1 rings (SSSR count). The van der Waals surface area contributed by atoms with Gasteiger partial charge in [0.2, 0.25) is 0 Å². The molecule has 0 N–H and O–H groups in total. The minimum Gasteiger partial charge on any atom is -0.145 e. The van der Waals surface area contributed by atoms with Crippen LogP contribution in [0, 0.1) is 4.91 Å². The van der Waals surface area contributed by atoms with Crippen LogP contribution in [-0.4, -0.2) is 7.85 Å². The number of nitrogens with zero attached hydrogens (tertiary/aromatic N) is 1. The van der Waals surface area contributed by atoms with Crippen LogP contribution in [0.2, 0.25) is 0 Å². The largest absolute Gasteiger partial charge is 0.145 e. The Hall–Kier alpha value is -1.12. The maximum absolute atomic E-state index is 9.83. The molecule has 0 spiro atoms. The molecule has 1 aromatic rings. The molecule has 0 fully saturated rings. The lowest BCUT2D eigenvalue weighted by Crippen LogP contribution is -1.97. The van der Waals surface area contributed by atoms with Crippen molar-refractivity contribution in [2.75, 3.05) is 0 Å². The fourth-order valence-corrected chi connectivity index (χ4v) is 0.535. The molecule has 9 heavy (non-hydrogen) atoms. The van der Waals surface area contributed by atoms with Crippen molar-refractivity contribution in [2.24, 2.45) is 5.18 Å². The van der Waals surface area contributed by atoms with E-state index < -0.39 is 0 Å². The molecule has 2 nitrogen and oxygen atoms in total. The highest BCUT2D eigenvalue weighted by molar-refractivity contribution is 6.32. The summed E-state index contributed by atoms with van der Waals surface area (Å²) in [5.41, 5.74) is 1.05. The van der Waals surface area contributed by atoms with Crippen LogP contribution in [0.25, 0.3) is 0 Å². The van der Waals surface area contributed by atoms with E-state index in [4.69, 9.17) is 7.85 Å². The minimum atomic E-state index is 0.407. The molecule has 1 aromatic carbocycles. The summed E-state index contributed by atoms with van der Waals surface area (Å²) in [6.07, 6.45) is 0. The van der Waals surface area contributed by atoms with E-state index in [-0.39, 0.29) is 0 Å². The summed E-state index contributed by atoms with van der Waals surface area (Å²) in [5, 5.41) is 2.71. The third-order valence-electron chi connectivity index (χ3n) is 0.998. The van der Waals surface area contributed by atoms with Crippen molar-refractivity contribution in [3.8, 4) is 0 Å². The maximum atomic E-state index is 9.83. The Labute approximate surface area is 54.3 Å². The molecule has 0 aliphatic heterocycles. The average Bonchev–Trinajstić information content (AvgIpc) is 1.90. The van der Waals surface area contributed by atoms with E-state index in [0.29, 0.717) is 11.2 Å². The molecule has 0 bridgehead atoms. The molecule has 0 saturated carbocycles. The first kappa shape index (κ1) is 6.01. The topological polar surface area (TPSA) is 29.4 Å². The normalized spacial score (nSPS) is 8.89. The van der Waals surface area contributed by atoms with Gasteiger partial charge in [-0.05, 0) is 17.3 Å². The highest BCUT2D eigenvalue weighted by atomic mass is 16.3. The highest BCUT2D eigenvalue weighted by Crippen LogP contribution is 2.05. The van der Waals surface area contributed by atoms with Gasteiger partial charge in [-0.15, -0.1) is 4.91 Å². The quantitative estimate of drug-likeness (QED) is 0.396. The predicted octanol–water partition coefficient (Wildman–Crippen LogP) is 0.878. The SMILES string of the molecule is [B]c1ccc(N=O)cc1. The Morgan fingerprint density at radius 1 is 1.22 bits per heavy atom. The molecule has 3 heteroatoms. The van der Waals surface area contributed by atoms with Crippen LogP contribution < -0.4 is 5.46 Å². The Morgan fingerprint density at radius 3 is 2.22 bits per heavy atom. The number of hydrogen-bond donors (Lipinski definition) is 0. The lowest BCUT2D eigenvalue weighted by Gasteiger charge is -1.88. The van der Waals surface area contributed by atoms with E-state index in [1.807, 2.05) is 0 Å². The van der Waals surface area contributed by atoms with Crippen LogP contribution in [0.15, 0.2) is 29.4 Å². The second-order valence-corrected chi connectivity index (χ2v) is 1.68. The summed E-state index contributed by atoms with van der Waals surface area (Å²) >= 11 is 0. The standard InChI is InChI=1S/C6H4BNO/c7-5-1-3-6(8-9)4-2-5/h1-4H. The Kier molecular flexibility index (Phi) is 1.63. The first-order valence-electron chi connectivity index (χ1n) is 2.52. The fourth-order valence-electron chi connectivity index (χ4n) is 0.535. The summed E-state index contributed by atoms with van der Waals surface area (Å²) in [7, 11) is 5.34. The average molecular weight is 117 g/mol. The van der Waals surface area contributed by atoms with Gasteiger partial charge in [0.15, 0.2) is 0 Å². The van der Waals surface area contributed by atoms with Crippen molar-refractivity contribution in [1.82, 2.24) is 0 Å². The van der Waals surface area contributed by atoms with Crippen molar-refractivity contribution < 1.29 is 0 Å². The van der Waals surface area contributed by atoms with Gasteiger partial charge in [0, 0.05) is 0 Å². The lowest BCUT2D eigenvalue weighted by atomic mass is 9.96. The van der Waals surface area contributed by atoms with Gasteiger partial charge in [0.1, 0.15) is 13.5 Å². The monoisotopic (exact) mass is 117 g/mol. The lowest BCUT2D eigenvalue weighted by molar-refractivity contribution is 1.51. The Morgan fingerprint density at radius 2 is 1.78 bits per heavy atom. The van der Waals surface area contributed by atoms with Gasteiger partial charge in [0.05, 0.1) is 0 Å². The Bertz CT molecular complexity index is 207.